The summed E-state index contributed by atoms with van der Waals surface area (Å²) < 4.78 is 5.58. The number of allylic oxidation sites excluding steroid dienone is 1. The lowest BCUT2D eigenvalue weighted by Gasteiger charge is -2.38. The van der Waals surface area contributed by atoms with Gasteiger partial charge in [0.15, 0.2) is 0 Å². The van der Waals surface area contributed by atoms with Crippen LogP contribution in [0.5, 0.6) is 0 Å². The Morgan fingerprint density at radius 2 is 1.81 bits per heavy atom. The molecular weight excluding hydrogens is 400 g/mol. The Hall–Kier alpha value is -2.48. The number of methoxy groups -OCH3 is 1. The number of nitrogens with one attached hydrogen (secondary N) is 2. The minimum absolute atomic E-state index is 0.209. The van der Waals surface area contributed by atoms with E-state index in [2.05, 4.69) is 78.7 Å². The summed E-state index contributed by atoms with van der Waals surface area (Å²) in [6, 6.07) is 9.62. The number of rotatable bonds is 6. The normalized spacial score (nSPS) is 28.0. The minimum Gasteiger partial charge on any atom is -0.384 e. The smallest absolute Gasteiger partial charge is 0.125 e. The van der Waals surface area contributed by atoms with E-state index < -0.39 is 5.54 Å². The molecule has 6 N–H and O–H groups in total. The summed E-state index contributed by atoms with van der Waals surface area (Å²) in [5.41, 5.74) is 19.8. The Kier molecular flexibility index (Phi) is 6.00. The van der Waals surface area contributed by atoms with Crippen LogP contribution < -0.4 is 27.1 Å². The third kappa shape index (κ3) is 4.51. The van der Waals surface area contributed by atoms with Crippen LogP contribution in [0.15, 0.2) is 59.6 Å². The molecule has 0 aromatic heterocycles. The highest BCUT2D eigenvalue weighted by Gasteiger charge is 2.34. The number of hydrogen-bond donors (Lipinski definition) is 4. The van der Waals surface area contributed by atoms with Crippen molar-refractivity contribution < 1.29 is 4.74 Å². The largest absolute Gasteiger partial charge is 0.384 e. The van der Waals surface area contributed by atoms with E-state index in [4.69, 9.17) is 16.2 Å². The van der Waals surface area contributed by atoms with Crippen LogP contribution in [-0.2, 0) is 10.3 Å². The van der Waals surface area contributed by atoms with E-state index in [1.807, 2.05) is 12.2 Å². The standard InChI is InChI=1S/C25H38N6O/c1-17-15-30(16-18(2)28-17)20-8-6-19(7-9-20)25(27)11-10-21-22(14-25)31(29-23(21)26)13-12-24(3,4)32-5/h6-11,14,17-18,28-29H,12-13,15-16,26-27H2,1-5H3. The zero-order valence-electron chi connectivity index (χ0n) is 20.0. The fourth-order valence-electron chi connectivity index (χ4n) is 4.71. The van der Waals surface area contributed by atoms with Gasteiger partial charge < -0.3 is 26.4 Å². The molecule has 1 aromatic carbocycles. The van der Waals surface area contributed by atoms with Gasteiger partial charge in [-0.25, -0.2) is 0 Å². The number of fused-ring (bicyclic) bond motifs is 1. The molecule has 0 radical (unpaired) electrons. The zero-order valence-corrected chi connectivity index (χ0v) is 20.0. The van der Waals surface area contributed by atoms with Gasteiger partial charge in [-0.15, -0.1) is 0 Å². The molecule has 1 saturated heterocycles. The molecule has 174 valence electrons. The summed E-state index contributed by atoms with van der Waals surface area (Å²) >= 11 is 0. The topological polar surface area (TPSA) is 91.8 Å². The Balaban J connectivity index is 1.54. The second-order valence-corrected chi connectivity index (χ2v) is 10.0. The first kappa shape index (κ1) is 22.7. The number of benzene rings is 1. The first-order valence-corrected chi connectivity index (χ1v) is 11.5. The van der Waals surface area contributed by atoms with E-state index in [0.717, 1.165) is 42.9 Å². The van der Waals surface area contributed by atoms with Crippen molar-refractivity contribution in [2.24, 2.45) is 11.5 Å². The molecule has 3 atom stereocenters. The number of nitrogens with two attached hydrogens (primary N) is 2. The van der Waals surface area contributed by atoms with Crippen LogP contribution in [0.3, 0.4) is 0 Å². The van der Waals surface area contributed by atoms with Crippen LogP contribution in [0, 0.1) is 0 Å². The minimum atomic E-state index is -0.692. The first-order valence-electron chi connectivity index (χ1n) is 11.5. The third-order valence-corrected chi connectivity index (χ3v) is 6.79. The maximum atomic E-state index is 6.90. The lowest BCUT2D eigenvalue weighted by atomic mass is 9.84. The molecular formula is C25H38N6O. The lowest BCUT2D eigenvalue weighted by molar-refractivity contribution is 0.00805. The van der Waals surface area contributed by atoms with Crippen LogP contribution in [0.25, 0.3) is 0 Å². The summed E-state index contributed by atoms with van der Waals surface area (Å²) in [5.74, 6) is 0.655. The Morgan fingerprint density at radius 3 is 2.44 bits per heavy atom. The molecule has 1 fully saturated rings. The third-order valence-electron chi connectivity index (χ3n) is 6.79. The molecule has 3 unspecified atom stereocenters. The number of nitrogens with zero attached hydrogens (tertiary/aromatic N) is 2. The van der Waals surface area contributed by atoms with Gasteiger partial charge in [0.1, 0.15) is 5.82 Å². The van der Waals surface area contributed by atoms with Gasteiger partial charge in [-0.3, -0.25) is 10.4 Å². The molecule has 3 aliphatic rings. The number of hydrogen-bond acceptors (Lipinski definition) is 7. The molecule has 1 aliphatic carbocycles. The quantitative estimate of drug-likeness (QED) is 0.542. The molecule has 2 heterocycles. The maximum Gasteiger partial charge on any atom is 0.125 e. The van der Waals surface area contributed by atoms with Crippen LogP contribution >= 0.6 is 0 Å². The molecule has 0 bridgehead atoms. The Labute approximate surface area is 192 Å². The monoisotopic (exact) mass is 438 g/mol. The van der Waals surface area contributed by atoms with Crippen molar-refractivity contribution in [3.63, 3.8) is 0 Å². The summed E-state index contributed by atoms with van der Waals surface area (Å²) in [7, 11) is 1.74. The average molecular weight is 439 g/mol. The first-order chi connectivity index (χ1) is 15.1. The van der Waals surface area contributed by atoms with Gasteiger partial charge in [0.25, 0.3) is 0 Å². The molecule has 7 nitrogen and oxygen atoms in total. The van der Waals surface area contributed by atoms with Crippen molar-refractivity contribution in [2.75, 3.05) is 31.6 Å². The van der Waals surface area contributed by atoms with E-state index in [1.54, 1.807) is 7.11 Å². The van der Waals surface area contributed by atoms with E-state index in [9.17, 15) is 0 Å². The molecule has 0 saturated carbocycles. The predicted molar refractivity (Wildman–Crippen MR) is 131 cm³/mol. The number of ether oxygens (including phenoxy) is 1. The van der Waals surface area contributed by atoms with Crippen LogP contribution in [0.4, 0.5) is 5.69 Å². The van der Waals surface area contributed by atoms with Crippen molar-refractivity contribution in [1.29, 1.82) is 0 Å². The zero-order chi connectivity index (χ0) is 23.1. The molecule has 2 aliphatic heterocycles. The number of anilines is 1. The second-order valence-electron chi connectivity index (χ2n) is 10.0. The van der Waals surface area contributed by atoms with Crippen LogP contribution in [-0.4, -0.2) is 49.4 Å². The number of piperazine rings is 1. The molecule has 0 amide bonds. The van der Waals surface area contributed by atoms with Crippen molar-refractivity contribution in [3.05, 3.63) is 65.1 Å². The Bertz CT molecular complexity index is 924. The summed E-state index contributed by atoms with van der Waals surface area (Å²) in [6.45, 7) is 11.4. The van der Waals surface area contributed by atoms with Crippen LogP contribution in [0.1, 0.15) is 39.7 Å². The summed E-state index contributed by atoms with van der Waals surface area (Å²) in [4.78, 5) is 2.44. The maximum absolute atomic E-state index is 6.90. The van der Waals surface area contributed by atoms with E-state index in [1.165, 1.54) is 5.69 Å². The highest BCUT2D eigenvalue weighted by atomic mass is 16.5. The number of hydrazine groups is 1. The van der Waals surface area contributed by atoms with Gasteiger partial charge in [-0.05, 0) is 57.9 Å². The van der Waals surface area contributed by atoms with E-state index in [-0.39, 0.29) is 5.60 Å². The van der Waals surface area contributed by atoms with Crippen molar-refractivity contribution in [3.8, 4) is 0 Å². The van der Waals surface area contributed by atoms with E-state index in [0.29, 0.717) is 17.9 Å². The SMILES string of the molecule is COC(C)(C)CCN1NC(N)=C2C=CC(N)(c3ccc(N4CC(C)NC(C)C4)cc3)C=C21. The van der Waals surface area contributed by atoms with Crippen molar-refractivity contribution in [1.82, 2.24) is 15.8 Å². The van der Waals surface area contributed by atoms with Crippen LogP contribution in [0.2, 0.25) is 0 Å². The Morgan fingerprint density at radius 1 is 1.16 bits per heavy atom. The van der Waals surface area contributed by atoms with Gasteiger partial charge in [0.05, 0.1) is 16.8 Å². The van der Waals surface area contributed by atoms with Gasteiger partial charge in [0, 0.05) is 50.1 Å². The van der Waals surface area contributed by atoms with Gasteiger partial charge >= 0.3 is 0 Å². The molecule has 0 spiro atoms. The van der Waals surface area contributed by atoms with Gasteiger partial charge in [-0.2, -0.15) is 0 Å². The van der Waals surface area contributed by atoms with Crippen molar-refractivity contribution >= 4 is 5.69 Å². The fourth-order valence-corrected chi connectivity index (χ4v) is 4.71. The molecule has 32 heavy (non-hydrogen) atoms. The predicted octanol–water partition coefficient (Wildman–Crippen LogP) is 2.29. The highest BCUT2D eigenvalue weighted by Crippen LogP contribution is 2.36. The highest BCUT2D eigenvalue weighted by molar-refractivity contribution is 5.56. The summed E-state index contributed by atoms with van der Waals surface area (Å²) in [5, 5.41) is 5.67. The second kappa shape index (κ2) is 8.46. The fraction of sp³-hybridized carbons (Fsp3) is 0.520. The average Bonchev–Trinajstić information content (AvgIpc) is 3.06. The van der Waals surface area contributed by atoms with E-state index >= 15 is 0 Å². The molecule has 7 heteroatoms. The summed E-state index contributed by atoms with van der Waals surface area (Å²) in [6.07, 6.45) is 7.03. The molecule has 4 rings (SSSR count). The molecule has 1 aromatic rings. The van der Waals surface area contributed by atoms with Gasteiger partial charge in [-0.1, -0.05) is 24.3 Å². The van der Waals surface area contributed by atoms with Gasteiger partial charge in [0.2, 0.25) is 0 Å². The lowest BCUT2D eigenvalue weighted by Crippen LogP contribution is -2.54. The van der Waals surface area contributed by atoms with Crippen molar-refractivity contribution in [2.45, 2.75) is 57.3 Å².